The van der Waals surface area contributed by atoms with Crippen LogP contribution in [0.25, 0.3) is 0 Å². The predicted molar refractivity (Wildman–Crippen MR) is 118 cm³/mol. The van der Waals surface area contributed by atoms with E-state index in [2.05, 4.69) is 26.5 Å². The second kappa shape index (κ2) is 11.1. The lowest BCUT2D eigenvalue weighted by atomic mass is 9.76. The molecule has 0 bridgehead atoms. The number of aromatic hydroxyl groups is 2. The largest absolute Gasteiger partial charge is 0.507 e. The van der Waals surface area contributed by atoms with E-state index in [1.165, 1.54) is 5.57 Å². The topological polar surface area (TPSA) is 66.8 Å². The molecule has 1 aliphatic carbocycles. The maximum Gasteiger partial charge on any atom is 0.342 e. The van der Waals surface area contributed by atoms with Gasteiger partial charge in [-0.3, -0.25) is 0 Å². The molecule has 4 nitrogen and oxygen atoms in total. The van der Waals surface area contributed by atoms with Crippen LogP contribution in [0.2, 0.25) is 0 Å². The third kappa shape index (κ3) is 5.65. The lowest BCUT2D eigenvalue weighted by Crippen LogP contribution is -2.17. The maximum atomic E-state index is 12.9. The molecule has 0 amide bonds. The highest BCUT2D eigenvalue weighted by Crippen LogP contribution is 2.46. The summed E-state index contributed by atoms with van der Waals surface area (Å²) in [5.41, 5.74) is 2.46. The number of aryl methyl sites for hydroxylation is 1. The molecule has 0 fully saturated rings. The third-order valence-corrected chi connectivity index (χ3v) is 5.79. The number of phenolic OH excluding ortho intramolecular Hbond substituents is 2. The van der Waals surface area contributed by atoms with Crippen LogP contribution < -0.4 is 0 Å². The molecule has 29 heavy (non-hydrogen) atoms. The highest BCUT2D eigenvalue weighted by atomic mass is 16.5. The zero-order chi connectivity index (χ0) is 21.4. The Labute approximate surface area is 175 Å². The summed E-state index contributed by atoms with van der Waals surface area (Å²) in [4.78, 5) is 12.9. The van der Waals surface area contributed by atoms with Gasteiger partial charge in [-0.2, -0.15) is 0 Å². The molecule has 0 saturated heterocycles. The van der Waals surface area contributed by atoms with E-state index < -0.39 is 5.97 Å². The number of hydrogen-bond donors (Lipinski definition) is 2. The highest BCUT2D eigenvalue weighted by molar-refractivity contribution is 5.95. The summed E-state index contributed by atoms with van der Waals surface area (Å²) in [7, 11) is 0. The molecule has 0 radical (unpaired) electrons. The van der Waals surface area contributed by atoms with E-state index in [0.29, 0.717) is 24.2 Å². The van der Waals surface area contributed by atoms with Gasteiger partial charge in [-0.25, -0.2) is 4.79 Å². The fourth-order valence-corrected chi connectivity index (χ4v) is 4.16. The number of carbonyl (C=O) groups is 1. The number of rotatable bonds is 10. The molecule has 0 saturated carbocycles. The van der Waals surface area contributed by atoms with Gasteiger partial charge in [-0.15, -0.1) is 6.58 Å². The number of hydrogen-bond acceptors (Lipinski definition) is 4. The van der Waals surface area contributed by atoms with E-state index in [1.54, 1.807) is 6.07 Å². The number of allylic oxidation sites excluding steroid dienone is 3. The zero-order valence-corrected chi connectivity index (χ0v) is 18.2. The standard InChI is InChI=1S/C25H36O4/c1-5-8-9-10-14-29-25(28)22-19(11-6-2)16-21(26)23(24(22)27)20-15-17(4)12-13-18(20)7-3/h7,15-16,18,20,26-27H,3,5-6,8-14H2,1-2,4H3/t18-,20-/m1/s1. The molecule has 2 rings (SSSR count). The van der Waals surface area contributed by atoms with E-state index in [1.807, 2.05) is 13.0 Å². The molecule has 0 aliphatic heterocycles. The Bertz CT molecular complexity index is 748. The molecular weight excluding hydrogens is 364 g/mol. The fraction of sp³-hybridized carbons (Fsp3) is 0.560. The molecule has 0 aromatic heterocycles. The number of esters is 1. The monoisotopic (exact) mass is 400 g/mol. The van der Waals surface area contributed by atoms with Gasteiger partial charge in [0, 0.05) is 11.5 Å². The first-order valence-corrected chi connectivity index (χ1v) is 11.0. The van der Waals surface area contributed by atoms with Crippen molar-refractivity contribution in [2.24, 2.45) is 5.92 Å². The maximum absolute atomic E-state index is 12.9. The molecule has 4 heteroatoms. The van der Waals surface area contributed by atoms with Crippen LogP contribution in [-0.2, 0) is 11.2 Å². The minimum Gasteiger partial charge on any atom is -0.507 e. The Kier molecular flexibility index (Phi) is 8.81. The van der Waals surface area contributed by atoms with Crippen LogP contribution in [0, 0.1) is 5.92 Å². The Balaban J connectivity index is 2.41. The first-order chi connectivity index (χ1) is 13.9. The summed E-state index contributed by atoms with van der Waals surface area (Å²) >= 11 is 0. The van der Waals surface area contributed by atoms with Crippen molar-refractivity contribution in [3.05, 3.63) is 47.1 Å². The Morgan fingerprint density at radius 1 is 1.24 bits per heavy atom. The fourth-order valence-electron chi connectivity index (χ4n) is 4.16. The molecule has 2 N–H and O–H groups in total. The summed E-state index contributed by atoms with van der Waals surface area (Å²) < 4.78 is 5.48. The quantitative estimate of drug-likeness (QED) is 0.270. The summed E-state index contributed by atoms with van der Waals surface area (Å²) in [6.45, 7) is 10.5. The van der Waals surface area contributed by atoms with Gasteiger partial charge in [0.1, 0.15) is 17.1 Å². The molecule has 0 unspecified atom stereocenters. The zero-order valence-electron chi connectivity index (χ0n) is 18.2. The predicted octanol–water partition coefficient (Wildman–Crippen LogP) is 6.41. The molecule has 0 heterocycles. The number of benzene rings is 1. The number of ether oxygens (including phenoxy) is 1. The minimum absolute atomic E-state index is 0.0354. The molecular formula is C25H36O4. The van der Waals surface area contributed by atoms with E-state index in [4.69, 9.17) is 4.74 Å². The van der Waals surface area contributed by atoms with E-state index in [-0.39, 0.29) is 28.9 Å². The van der Waals surface area contributed by atoms with Crippen molar-refractivity contribution in [2.75, 3.05) is 6.61 Å². The number of unbranched alkanes of at least 4 members (excludes halogenated alkanes) is 3. The van der Waals surface area contributed by atoms with Gasteiger partial charge in [-0.05, 0) is 50.2 Å². The van der Waals surface area contributed by atoms with Gasteiger partial charge < -0.3 is 14.9 Å². The van der Waals surface area contributed by atoms with Gasteiger partial charge in [0.05, 0.1) is 6.61 Å². The average Bonchev–Trinajstić information content (AvgIpc) is 2.68. The van der Waals surface area contributed by atoms with Crippen LogP contribution in [0.3, 0.4) is 0 Å². The van der Waals surface area contributed by atoms with Crippen molar-refractivity contribution >= 4 is 5.97 Å². The van der Waals surface area contributed by atoms with Crippen molar-refractivity contribution in [1.29, 1.82) is 0 Å². The summed E-state index contributed by atoms with van der Waals surface area (Å²) in [5, 5.41) is 21.9. The molecule has 0 spiro atoms. The Morgan fingerprint density at radius 3 is 2.66 bits per heavy atom. The van der Waals surface area contributed by atoms with Gasteiger partial charge in [-0.1, -0.05) is 57.3 Å². The normalized spacial score (nSPS) is 18.9. The summed E-state index contributed by atoms with van der Waals surface area (Å²) in [6.07, 6.45) is 11.3. The van der Waals surface area contributed by atoms with Crippen LogP contribution in [0.1, 0.15) is 93.1 Å². The van der Waals surface area contributed by atoms with Crippen molar-refractivity contribution in [2.45, 2.75) is 78.1 Å². The van der Waals surface area contributed by atoms with Gasteiger partial charge in [0.25, 0.3) is 0 Å². The molecule has 1 aliphatic rings. The van der Waals surface area contributed by atoms with E-state index >= 15 is 0 Å². The third-order valence-electron chi connectivity index (χ3n) is 5.79. The van der Waals surface area contributed by atoms with Gasteiger partial charge in [0.2, 0.25) is 0 Å². The van der Waals surface area contributed by atoms with Crippen LogP contribution in [-0.4, -0.2) is 22.8 Å². The highest BCUT2D eigenvalue weighted by Gasteiger charge is 2.31. The van der Waals surface area contributed by atoms with Crippen LogP contribution in [0.5, 0.6) is 11.5 Å². The van der Waals surface area contributed by atoms with Gasteiger partial charge >= 0.3 is 5.97 Å². The molecule has 1 aromatic rings. The summed E-state index contributed by atoms with van der Waals surface area (Å²) in [5.74, 6) is -0.711. The van der Waals surface area contributed by atoms with Crippen molar-refractivity contribution in [3.8, 4) is 11.5 Å². The number of carbonyl (C=O) groups excluding carboxylic acids is 1. The minimum atomic E-state index is -0.504. The van der Waals surface area contributed by atoms with Crippen molar-refractivity contribution in [3.63, 3.8) is 0 Å². The molecule has 1 aromatic carbocycles. The second-order valence-corrected chi connectivity index (χ2v) is 8.12. The molecule has 2 atom stereocenters. The van der Waals surface area contributed by atoms with Crippen molar-refractivity contribution < 1.29 is 19.7 Å². The second-order valence-electron chi connectivity index (χ2n) is 8.12. The lowest BCUT2D eigenvalue weighted by molar-refractivity contribution is 0.0493. The van der Waals surface area contributed by atoms with Crippen LogP contribution >= 0.6 is 0 Å². The van der Waals surface area contributed by atoms with Crippen molar-refractivity contribution in [1.82, 2.24) is 0 Å². The molecule has 160 valence electrons. The SMILES string of the molecule is C=C[C@@H]1CCC(C)=C[C@H]1c1c(O)cc(CCC)c(C(=O)OCCCCCC)c1O. The van der Waals surface area contributed by atoms with Crippen LogP contribution in [0.15, 0.2) is 30.4 Å². The smallest absolute Gasteiger partial charge is 0.342 e. The number of phenols is 2. The average molecular weight is 401 g/mol. The first-order valence-electron chi connectivity index (χ1n) is 11.0. The van der Waals surface area contributed by atoms with Crippen LogP contribution in [0.4, 0.5) is 0 Å². The van der Waals surface area contributed by atoms with E-state index in [0.717, 1.165) is 44.9 Å². The van der Waals surface area contributed by atoms with Gasteiger partial charge in [0.15, 0.2) is 0 Å². The first kappa shape index (κ1) is 23.1. The Hall–Kier alpha value is -2.23. The lowest BCUT2D eigenvalue weighted by Gasteiger charge is -2.29. The Morgan fingerprint density at radius 2 is 2.00 bits per heavy atom. The van der Waals surface area contributed by atoms with E-state index in [9.17, 15) is 15.0 Å². The summed E-state index contributed by atoms with van der Waals surface area (Å²) in [6, 6.07) is 1.63.